The fourth-order valence-corrected chi connectivity index (χ4v) is 1.38. The number of aromatic nitrogens is 2. The van der Waals surface area contributed by atoms with Crippen molar-refractivity contribution in [3.8, 4) is 5.75 Å². The Hall–Kier alpha value is -2.83. The van der Waals surface area contributed by atoms with Gasteiger partial charge in [0.2, 0.25) is 0 Å². The number of hydrogen-bond acceptors (Lipinski definition) is 4. The van der Waals surface area contributed by atoms with Crippen molar-refractivity contribution in [3.05, 3.63) is 42.1 Å². The van der Waals surface area contributed by atoms with Gasteiger partial charge >= 0.3 is 0 Å². The topological polar surface area (TPSA) is 110 Å². The van der Waals surface area contributed by atoms with E-state index in [-0.39, 0.29) is 12.5 Å². The van der Waals surface area contributed by atoms with Crippen LogP contribution in [0.15, 0.2) is 36.5 Å². The molecule has 1 aromatic carbocycles. The number of aromatic amines is 1. The Kier molecular flexibility index (Phi) is 3.77. The Morgan fingerprint density at radius 3 is 2.58 bits per heavy atom. The van der Waals surface area contributed by atoms with E-state index in [0.29, 0.717) is 17.1 Å². The average molecular weight is 260 g/mol. The SMILES string of the molecule is NC(=O)COc1ccc(C(=O)Nc2ccn[nH]2)cc1. The lowest BCUT2D eigenvalue weighted by atomic mass is 10.2. The number of benzene rings is 1. The largest absolute Gasteiger partial charge is 0.484 e. The summed E-state index contributed by atoms with van der Waals surface area (Å²) in [5.74, 6) is 0.155. The Labute approximate surface area is 108 Å². The van der Waals surface area contributed by atoms with Gasteiger partial charge < -0.3 is 15.8 Å². The Morgan fingerprint density at radius 2 is 2.00 bits per heavy atom. The maximum absolute atomic E-state index is 11.8. The van der Waals surface area contributed by atoms with Crippen molar-refractivity contribution in [1.29, 1.82) is 0 Å². The molecular formula is C12H12N4O3. The first kappa shape index (κ1) is 12.6. The number of amides is 2. The summed E-state index contributed by atoms with van der Waals surface area (Å²) in [6, 6.07) is 7.99. The molecule has 2 amide bonds. The number of ether oxygens (including phenoxy) is 1. The number of H-pyrrole nitrogens is 1. The summed E-state index contributed by atoms with van der Waals surface area (Å²) in [6.45, 7) is -0.195. The van der Waals surface area contributed by atoms with Gasteiger partial charge in [-0.2, -0.15) is 5.10 Å². The zero-order valence-corrected chi connectivity index (χ0v) is 9.92. The van der Waals surface area contributed by atoms with Gasteiger partial charge in [0.25, 0.3) is 11.8 Å². The molecule has 1 aromatic heterocycles. The normalized spacial score (nSPS) is 9.89. The molecule has 0 atom stereocenters. The summed E-state index contributed by atoms with van der Waals surface area (Å²) < 4.78 is 5.09. The molecule has 0 saturated carbocycles. The third kappa shape index (κ3) is 3.56. The van der Waals surface area contributed by atoms with Gasteiger partial charge in [-0.05, 0) is 24.3 Å². The van der Waals surface area contributed by atoms with Crippen LogP contribution in [-0.4, -0.2) is 28.6 Å². The van der Waals surface area contributed by atoms with Gasteiger partial charge in [-0.15, -0.1) is 0 Å². The third-order valence-corrected chi connectivity index (χ3v) is 2.25. The van der Waals surface area contributed by atoms with Crippen LogP contribution in [0.3, 0.4) is 0 Å². The molecule has 0 unspecified atom stereocenters. The first-order valence-electron chi connectivity index (χ1n) is 5.47. The Morgan fingerprint density at radius 1 is 1.26 bits per heavy atom. The minimum atomic E-state index is -0.555. The van der Waals surface area contributed by atoms with Crippen molar-refractivity contribution in [2.45, 2.75) is 0 Å². The van der Waals surface area contributed by atoms with Crippen LogP contribution in [0.25, 0.3) is 0 Å². The van der Waals surface area contributed by atoms with E-state index in [0.717, 1.165) is 0 Å². The van der Waals surface area contributed by atoms with E-state index < -0.39 is 5.91 Å². The number of anilines is 1. The molecule has 0 spiro atoms. The van der Waals surface area contributed by atoms with Gasteiger partial charge in [0, 0.05) is 11.6 Å². The second-order valence-electron chi connectivity index (χ2n) is 3.70. The molecule has 0 aliphatic carbocycles. The third-order valence-electron chi connectivity index (χ3n) is 2.25. The average Bonchev–Trinajstić information content (AvgIpc) is 2.89. The first-order valence-corrected chi connectivity index (χ1v) is 5.47. The summed E-state index contributed by atoms with van der Waals surface area (Å²) in [4.78, 5) is 22.4. The molecule has 4 N–H and O–H groups in total. The number of nitrogens with one attached hydrogen (secondary N) is 2. The fourth-order valence-electron chi connectivity index (χ4n) is 1.38. The van der Waals surface area contributed by atoms with Gasteiger partial charge in [0.1, 0.15) is 11.6 Å². The minimum Gasteiger partial charge on any atom is -0.484 e. The number of primary amides is 1. The molecular weight excluding hydrogens is 248 g/mol. The Bertz CT molecular complexity index is 563. The molecule has 0 bridgehead atoms. The number of carbonyl (C=O) groups excluding carboxylic acids is 2. The van der Waals surface area contributed by atoms with E-state index in [1.54, 1.807) is 30.3 Å². The molecule has 1 heterocycles. The molecule has 0 aliphatic heterocycles. The number of rotatable bonds is 5. The van der Waals surface area contributed by atoms with Crippen molar-refractivity contribution in [1.82, 2.24) is 10.2 Å². The highest BCUT2D eigenvalue weighted by Gasteiger charge is 2.07. The molecule has 0 fully saturated rings. The van der Waals surface area contributed by atoms with Crippen LogP contribution in [0.2, 0.25) is 0 Å². The molecule has 7 heteroatoms. The van der Waals surface area contributed by atoms with Crippen LogP contribution in [0, 0.1) is 0 Å². The predicted octanol–water partition coefficient (Wildman–Crippen LogP) is 0.526. The molecule has 2 rings (SSSR count). The van der Waals surface area contributed by atoms with Crippen molar-refractivity contribution in [2.24, 2.45) is 5.73 Å². The van der Waals surface area contributed by atoms with Gasteiger partial charge in [-0.3, -0.25) is 14.7 Å². The van der Waals surface area contributed by atoms with Crippen LogP contribution in [0.1, 0.15) is 10.4 Å². The highest BCUT2D eigenvalue weighted by Crippen LogP contribution is 2.13. The number of carbonyl (C=O) groups is 2. The maximum atomic E-state index is 11.8. The van der Waals surface area contributed by atoms with Crippen LogP contribution in [-0.2, 0) is 4.79 Å². The van der Waals surface area contributed by atoms with Gasteiger partial charge in [-0.25, -0.2) is 0 Å². The van der Waals surface area contributed by atoms with Crippen molar-refractivity contribution in [2.75, 3.05) is 11.9 Å². The molecule has 0 saturated heterocycles. The van der Waals surface area contributed by atoms with Crippen LogP contribution in [0.4, 0.5) is 5.82 Å². The molecule has 19 heavy (non-hydrogen) atoms. The summed E-state index contributed by atoms with van der Waals surface area (Å²) in [5, 5.41) is 8.98. The smallest absolute Gasteiger partial charge is 0.256 e. The summed E-state index contributed by atoms with van der Waals surface area (Å²) in [5.41, 5.74) is 5.42. The van der Waals surface area contributed by atoms with E-state index in [9.17, 15) is 9.59 Å². The summed E-state index contributed by atoms with van der Waals surface area (Å²) in [6.07, 6.45) is 1.54. The second kappa shape index (κ2) is 5.67. The highest BCUT2D eigenvalue weighted by atomic mass is 16.5. The van der Waals surface area contributed by atoms with Crippen molar-refractivity contribution in [3.63, 3.8) is 0 Å². The Balaban J connectivity index is 1.97. The van der Waals surface area contributed by atoms with Gasteiger partial charge in [0.05, 0.1) is 6.20 Å². The molecule has 98 valence electrons. The predicted molar refractivity (Wildman–Crippen MR) is 67.7 cm³/mol. The first-order chi connectivity index (χ1) is 9.15. The van der Waals surface area contributed by atoms with E-state index in [4.69, 9.17) is 10.5 Å². The number of nitrogens with two attached hydrogens (primary N) is 1. The molecule has 2 aromatic rings. The van der Waals surface area contributed by atoms with E-state index in [2.05, 4.69) is 15.5 Å². The van der Waals surface area contributed by atoms with E-state index >= 15 is 0 Å². The zero-order valence-electron chi connectivity index (χ0n) is 9.92. The van der Waals surface area contributed by atoms with Gasteiger partial charge in [-0.1, -0.05) is 0 Å². The molecule has 0 radical (unpaired) electrons. The standard InChI is InChI=1S/C12H12N4O3/c13-10(17)7-19-9-3-1-8(2-4-9)12(18)15-11-5-6-14-16-11/h1-6H,7H2,(H2,13,17)(H2,14,15,16,18). The molecule has 0 aliphatic rings. The monoisotopic (exact) mass is 260 g/mol. The number of nitrogens with zero attached hydrogens (tertiary/aromatic N) is 1. The minimum absolute atomic E-state index is 0.195. The summed E-state index contributed by atoms with van der Waals surface area (Å²) in [7, 11) is 0. The van der Waals surface area contributed by atoms with Crippen LogP contribution >= 0.6 is 0 Å². The van der Waals surface area contributed by atoms with Crippen LogP contribution < -0.4 is 15.8 Å². The highest BCUT2D eigenvalue weighted by molar-refractivity contribution is 6.03. The van der Waals surface area contributed by atoms with Crippen molar-refractivity contribution >= 4 is 17.6 Å². The quantitative estimate of drug-likeness (QED) is 0.728. The fraction of sp³-hybridized carbons (Fsp3) is 0.0833. The van der Waals surface area contributed by atoms with E-state index in [1.807, 2.05) is 0 Å². The van der Waals surface area contributed by atoms with Crippen LogP contribution in [0.5, 0.6) is 5.75 Å². The lowest BCUT2D eigenvalue weighted by molar-refractivity contribution is -0.119. The lowest BCUT2D eigenvalue weighted by Crippen LogP contribution is -2.20. The van der Waals surface area contributed by atoms with Gasteiger partial charge in [0.15, 0.2) is 6.61 Å². The maximum Gasteiger partial charge on any atom is 0.256 e. The second-order valence-corrected chi connectivity index (χ2v) is 3.70. The van der Waals surface area contributed by atoms with Crippen molar-refractivity contribution < 1.29 is 14.3 Å². The molecule has 7 nitrogen and oxygen atoms in total. The zero-order chi connectivity index (χ0) is 13.7. The summed E-state index contributed by atoms with van der Waals surface area (Å²) >= 11 is 0. The number of hydrogen-bond donors (Lipinski definition) is 3. The lowest BCUT2D eigenvalue weighted by Gasteiger charge is -2.05. The van der Waals surface area contributed by atoms with E-state index in [1.165, 1.54) is 6.20 Å².